The number of nitrogens with zero attached hydrogens (tertiary/aromatic N) is 1. The molecule has 1 fully saturated rings. The summed E-state index contributed by atoms with van der Waals surface area (Å²) in [5.41, 5.74) is 8.34. The topological polar surface area (TPSA) is 58.4 Å². The summed E-state index contributed by atoms with van der Waals surface area (Å²) in [6.45, 7) is 7.68. The highest BCUT2D eigenvalue weighted by Gasteiger charge is 2.17. The number of nitrogens with one attached hydrogen (secondary N) is 1. The van der Waals surface area contributed by atoms with E-state index in [2.05, 4.69) is 28.4 Å². The Bertz CT molecular complexity index is 503. The van der Waals surface area contributed by atoms with Crippen LogP contribution in [0.3, 0.4) is 0 Å². The molecule has 6 heteroatoms. The molecule has 4 nitrogen and oxygen atoms in total. The summed E-state index contributed by atoms with van der Waals surface area (Å²) >= 11 is 0. The molecule has 2 unspecified atom stereocenters. The van der Waals surface area contributed by atoms with Crippen LogP contribution in [0, 0.1) is 5.92 Å². The Morgan fingerprint density at radius 3 is 2.20 bits per heavy atom. The molecule has 0 spiro atoms. The van der Waals surface area contributed by atoms with Crippen LogP contribution in [-0.4, -0.2) is 29.9 Å². The third-order valence-electron chi connectivity index (χ3n) is 4.87. The fourth-order valence-electron chi connectivity index (χ4n) is 3.00. The number of benzene rings is 1. The first kappa shape index (κ1) is 24.2. The average Bonchev–Trinajstić information content (AvgIpc) is 2.81. The van der Waals surface area contributed by atoms with Crippen LogP contribution in [0.4, 0.5) is 0 Å². The lowest BCUT2D eigenvalue weighted by Gasteiger charge is -2.22. The summed E-state index contributed by atoms with van der Waals surface area (Å²) in [4.78, 5) is 14.6. The lowest BCUT2D eigenvalue weighted by Crippen LogP contribution is -2.38. The molecule has 1 aromatic carbocycles. The van der Waals surface area contributed by atoms with Gasteiger partial charge in [-0.05, 0) is 44.0 Å². The minimum Gasteiger partial charge on any atom is -0.352 e. The van der Waals surface area contributed by atoms with Crippen molar-refractivity contribution in [3.63, 3.8) is 0 Å². The molecule has 0 radical (unpaired) electrons. The number of likely N-dealkylation sites (tertiary alicyclic amines) is 1. The van der Waals surface area contributed by atoms with Crippen molar-refractivity contribution in [1.29, 1.82) is 0 Å². The van der Waals surface area contributed by atoms with Gasteiger partial charge in [0.05, 0.1) is 0 Å². The highest BCUT2D eigenvalue weighted by atomic mass is 35.5. The molecule has 1 amide bonds. The molecule has 1 aromatic rings. The third kappa shape index (κ3) is 7.95. The zero-order valence-electron chi connectivity index (χ0n) is 15.4. The molecule has 0 bridgehead atoms. The maximum Gasteiger partial charge on any atom is 0.224 e. The largest absolute Gasteiger partial charge is 0.352 e. The van der Waals surface area contributed by atoms with Crippen molar-refractivity contribution in [2.45, 2.75) is 58.7 Å². The Labute approximate surface area is 164 Å². The minimum atomic E-state index is -0.159. The van der Waals surface area contributed by atoms with Gasteiger partial charge >= 0.3 is 0 Å². The van der Waals surface area contributed by atoms with E-state index >= 15 is 0 Å². The Morgan fingerprint density at radius 1 is 1.08 bits per heavy atom. The number of rotatable bonds is 6. The van der Waals surface area contributed by atoms with Crippen molar-refractivity contribution in [2.75, 3.05) is 13.1 Å². The molecule has 0 aliphatic carbocycles. The Morgan fingerprint density at radius 2 is 1.64 bits per heavy atom. The van der Waals surface area contributed by atoms with E-state index in [0.717, 1.165) is 6.54 Å². The van der Waals surface area contributed by atoms with Crippen LogP contribution in [0.25, 0.3) is 0 Å². The van der Waals surface area contributed by atoms with Crippen LogP contribution in [0.1, 0.15) is 50.7 Å². The number of hydrogen-bond donors (Lipinski definition) is 2. The van der Waals surface area contributed by atoms with Gasteiger partial charge in [-0.25, -0.2) is 0 Å². The summed E-state index contributed by atoms with van der Waals surface area (Å²) in [5.74, 6) is -0.127. The second kappa shape index (κ2) is 12.5. The van der Waals surface area contributed by atoms with Crippen molar-refractivity contribution < 1.29 is 4.79 Å². The zero-order chi connectivity index (χ0) is 16.7. The van der Waals surface area contributed by atoms with Gasteiger partial charge in [0.2, 0.25) is 5.91 Å². The second-order valence-corrected chi connectivity index (χ2v) is 6.82. The van der Waals surface area contributed by atoms with E-state index < -0.39 is 0 Å². The molecular formula is C19H33Cl2N3O. The number of halogens is 2. The average molecular weight is 390 g/mol. The lowest BCUT2D eigenvalue weighted by molar-refractivity contribution is -0.125. The summed E-state index contributed by atoms with van der Waals surface area (Å²) in [6.07, 6.45) is 5.29. The summed E-state index contributed by atoms with van der Waals surface area (Å²) in [5, 5.41) is 3.03. The van der Waals surface area contributed by atoms with Gasteiger partial charge in [0.25, 0.3) is 0 Å². The SMILES string of the molecule is CC(N)C(C)C(=O)NCc1ccccc1CN1CCCCCC1.Cl.Cl. The van der Waals surface area contributed by atoms with Crippen LogP contribution >= 0.6 is 24.8 Å². The maximum atomic E-state index is 12.1. The second-order valence-electron chi connectivity index (χ2n) is 6.82. The summed E-state index contributed by atoms with van der Waals surface area (Å²) < 4.78 is 0. The van der Waals surface area contributed by atoms with Crippen molar-refractivity contribution in [2.24, 2.45) is 11.7 Å². The third-order valence-corrected chi connectivity index (χ3v) is 4.87. The van der Waals surface area contributed by atoms with E-state index in [0.29, 0.717) is 6.54 Å². The van der Waals surface area contributed by atoms with E-state index in [1.54, 1.807) is 0 Å². The molecule has 0 aromatic heterocycles. The number of nitrogens with two attached hydrogens (primary N) is 1. The molecule has 1 aliphatic heterocycles. The smallest absolute Gasteiger partial charge is 0.224 e. The predicted molar refractivity (Wildman–Crippen MR) is 109 cm³/mol. The van der Waals surface area contributed by atoms with Crippen LogP contribution < -0.4 is 11.1 Å². The van der Waals surface area contributed by atoms with Gasteiger partial charge in [0, 0.05) is 25.0 Å². The van der Waals surface area contributed by atoms with Crippen LogP contribution in [0.5, 0.6) is 0 Å². The maximum absolute atomic E-state index is 12.1. The summed E-state index contributed by atoms with van der Waals surface area (Å²) in [7, 11) is 0. The fraction of sp³-hybridized carbons (Fsp3) is 0.632. The molecular weight excluding hydrogens is 357 g/mol. The first-order valence-electron chi connectivity index (χ1n) is 8.90. The molecule has 3 N–H and O–H groups in total. The molecule has 1 saturated heterocycles. The molecule has 2 rings (SSSR count). The predicted octanol–water partition coefficient (Wildman–Crippen LogP) is 3.51. The van der Waals surface area contributed by atoms with Gasteiger partial charge in [-0.15, -0.1) is 24.8 Å². The quantitative estimate of drug-likeness (QED) is 0.782. The summed E-state index contributed by atoms with van der Waals surface area (Å²) in [6, 6.07) is 8.30. The van der Waals surface area contributed by atoms with Crippen molar-refractivity contribution in [3.05, 3.63) is 35.4 Å². The Hall–Kier alpha value is -0.810. The normalized spacial score (nSPS) is 17.4. The molecule has 0 saturated carbocycles. The molecule has 144 valence electrons. The number of hydrogen-bond acceptors (Lipinski definition) is 3. The first-order chi connectivity index (χ1) is 11.1. The lowest BCUT2D eigenvalue weighted by atomic mass is 10.0. The van der Waals surface area contributed by atoms with E-state index in [-0.39, 0.29) is 42.7 Å². The zero-order valence-corrected chi connectivity index (χ0v) is 17.0. The number of carbonyl (C=O) groups is 1. The monoisotopic (exact) mass is 389 g/mol. The fourth-order valence-corrected chi connectivity index (χ4v) is 3.00. The van der Waals surface area contributed by atoms with E-state index in [9.17, 15) is 4.79 Å². The molecule has 1 aliphatic rings. The van der Waals surface area contributed by atoms with Gasteiger partial charge in [-0.1, -0.05) is 44.0 Å². The van der Waals surface area contributed by atoms with Crippen molar-refractivity contribution in [3.8, 4) is 0 Å². The first-order valence-corrected chi connectivity index (χ1v) is 8.90. The van der Waals surface area contributed by atoms with E-state index in [1.807, 2.05) is 19.9 Å². The molecule has 1 heterocycles. The highest BCUT2D eigenvalue weighted by Crippen LogP contribution is 2.16. The van der Waals surface area contributed by atoms with Gasteiger partial charge in [-0.2, -0.15) is 0 Å². The van der Waals surface area contributed by atoms with Crippen LogP contribution in [0.15, 0.2) is 24.3 Å². The highest BCUT2D eigenvalue weighted by molar-refractivity contribution is 5.85. The van der Waals surface area contributed by atoms with E-state index in [4.69, 9.17) is 5.73 Å². The molecule has 25 heavy (non-hydrogen) atoms. The van der Waals surface area contributed by atoms with E-state index in [1.165, 1.54) is 49.9 Å². The number of carbonyl (C=O) groups excluding carboxylic acids is 1. The van der Waals surface area contributed by atoms with Gasteiger partial charge in [0.15, 0.2) is 0 Å². The van der Waals surface area contributed by atoms with Gasteiger partial charge in [-0.3, -0.25) is 9.69 Å². The molecule has 2 atom stereocenters. The Kier molecular flexibility index (Phi) is 12.1. The van der Waals surface area contributed by atoms with Crippen LogP contribution in [-0.2, 0) is 17.9 Å². The number of amides is 1. The minimum absolute atomic E-state index is 0. The van der Waals surface area contributed by atoms with Gasteiger partial charge < -0.3 is 11.1 Å². The Balaban J connectivity index is 0.00000288. The van der Waals surface area contributed by atoms with Gasteiger partial charge in [0.1, 0.15) is 0 Å². The standard InChI is InChI=1S/C19H31N3O.2ClH/c1-15(16(2)20)19(23)21-13-17-9-5-6-10-18(17)14-22-11-7-3-4-8-12-22;;/h5-6,9-10,15-16H,3-4,7-8,11-14,20H2,1-2H3,(H,21,23);2*1H. The van der Waals surface area contributed by atoms with Crippen molar-refractivity contribution >= 4 is 30.7 Å². The van der Waals surface area contributed by atoms with Crippen LogP contribution in [0.2, 0.25) is 0 Å². The van der Waals surface area contributed by atoms with Crippen molar-refractivity contribution in [1.82, 2.24) is 10.2 Å².